The normalized spacial score (nSPS) is 8.67. The molecule has 1 rings (SSSR count). The summed E-state index contributed by atoms with van der Waals surface area (Å²) in [6, 6.07) is 5.14. The van der Waals surface area contributed by atoms with Gasteiger partial charge < -0.3 is 9.47 Å². The Morgan fingerprint density at radius 3 is 3.00 bits per heavy atom. The molecule has 0 amide bonds. The molecule has 0 saturated carbocycles. The summed E-state index contributed by atoms with van der Waals surface area (Å²) in [7, 11) is 1.52. The van der Waals surface area contributed by atoms with Gasteiger partial charge in [0.1, 0.15) is 5.69 Å². The number of esters is 1. The standard InChI is InChI=1S/C11H11NO3/c1-3-15-11(13)8-7-9-5-4-6-10(12-9)14-2/h4-6H,3H2,1-2H3. The van der Waals surface area contributed by atoms with E-state index in [1.165, 1.54) is 7.11 Å². The van der Waals surface area contributed by atoms with E-state index in [-0.39, 0.29) is 0 Å². The Labute approximate surface area is 88.2 Å². The number of rotatable bonds is 2. The van der Waals surface area contributed by atoms with E-state index >= 15 is 0 Å². The average molecular weight is 205 g/mol. The smallest absolute Gasteiger partial charge is 0.384 e. The van der Waals surface area contributed by atoms with Crippen molar-refractivity contribution in [2.24, 2.45) is 0 Å². The fraction of sp³-hybridized carbons (Fsp3) is 0.273. The molecule has 0 atom stereocenters. The number of nitrogens with zero attached hydrogens (tertiary/aromatic N) is 1. The summed E-state index contributed by atoms with van der Waals surface area (Å²) in [6.45, 7) is 2.04. The molecule has 1 heterocycles. The van der Waals surface area contributed by atoms with E-state index in [4.69, 9.17) is 4.74 Å². The van der Waals surface area contributed by atoms with Crippen LogP contribution < -0.4 is 4.74 Å². The number of pyridine rings is 1. The van der Waals surface area contributed by atoms with Gasteiger partial charge >= 0.3 is 5.97 Å². The summed E-state index contributed by atoms with van der Waals surface area (Å²) < 4.78 is 9.56. The minimum atomic E-state index is -0.554. The number of aromatic nitrogens is 1. The SMILES string of the molecule is CCOC(=O)C#Cc1cccc(OC)n1. The predicted molar refractivity (Wildman–Crippen MR) is 54.3 cm³/mol. The molecule has 0 unspecified atom stereocenters. The first-order chi connectivity index (χ1) is 7.26. The lowest BCUT2D eigenvalue weighted by Crippen LogP contribution is -1.99. The molecule has 4 heteroatoms. The number of ether oxygens (including phenoxy) is 2. The fourth-order valence-corrected chi connectivity index (χ4v) is 0.880. The number of hydrogen-bond donors (Lipinski definition) is 0. The van der Waals surface area contributed by atoms with Crippen LogP contribution in [0.25, 0.3) is 0 Å². The topological polar surface area (TPSA) is 48.4 Å². The van der Waals surface area contributed by atoms with E-state index in [1.807, 2.05) is 0 Å². The lowest BCUT2D eigenvalue weighted by molar-refractivity contribution is -0.136. The van der Waals surface area contributed by atoms with Crippen LogP contribution in [0.15, 0.2) is 18.2 Å². The average Bonchev–Trinajstić information content (AvgIpc) is 2.27. The zero-order valence-corrected chi connectivity index (χ0v) is 8.61. The van der Waals surface area contributed by atoms with Gasteiger partial charge in [0, 0.05) is 12.0 Å². The van der Waals surface area contributed by atoms with Gasteiger partial charge in [-0.1, -0.05) is 6.07 Å². The van der Waals surface area contributed by atoms with Crippen molar-refractivity contribution in [1.29, 1.82) is 0 Å². The van der Waals surface area contributed by atoms with Crippen molar-refractivity contribution in [2.75, 3.05) is 13.7 Å². The highest BCUT2D eigenvalue weighted by molar-refractivity contribution is 5.88. The maximum atomic E-state index is 10.9. The zero-order chi connectivity index (χ0) is 11.1. The Bertz CT molecular complexity index is 404. The molecular weight excluding hydrogens is 194 g/mol. The van der Waals surface area contributed by atoms with Crippen LogP contribution in [0.5, 0.6) is 5.88 Å². The molecule has 0 aliphatic heterocycles. The van der Waals surface area contributed by atoms with Crippen LogP contribution in [-0.4, -0.2) is 24.7 Å². The Kier molecular flexibility index (Phi) is 4.17. The molecule has 15 heavy (non-hydrogen) atoms. The van der Waals surface area contributed by atoms with Crippen LogP contribution in [0.4, 0.5) is 0 Å². The highest BCUT2D eigenvalue weighted by atomic mass is 16.5. The van der Waals surface area contributed by atoms with Crippen molar-refractivity contribution in [2.45, 2.75) is 6.92 Å². The number of carbonyl (C=O) groups is 1. The molecule has 0 saturated heterocycles. The van der Waals surface area contributed by atoms with Gasteiger partial charge in [0.05, 0.1) is 13.7 Å². The minimum absolute atomic E-state index is 0.319. The van der Waals surface area contributed by atoms with Crippen molar-refractivity contribution in [3.63, 3.8) is 0 Å². The lowest BCUT2D eigenvalue weighted by Gasteiger charge is -1.96. The van der Waals surface area contributed by atoms with Crippen LogP contribution in [0, 0.1) is 11.8 Å². The van der Waals surface area contributed by atoms with Crippen molar-refractivity contribution < 1.29 is 14.3 Å². The van der Waals surface area contributed by atoms with Gasteiger partial charge in [-0.2, -0.15) is 0 Å². The third-order valence-electron chi connectivity index (χ3n) is 1.50. The molecule has 0 bridgehead atoms. The van der Waals surface area contributed by atoms with Crippen molar-refractivity contribution in [3.05, 3.63) is 23.9 Å². The number of hydrogen-bond acceptors (Lipinski definition) is 4. The maximum Gasteiger partial charge on any atom is 0.384 e. The third kappa shape index (κ3) is 3.69. The molecular formula is C11H11NO3. The van der Waals surface area contributed by atoms with Gasteiger partial charge in [0.25, 0.3) is 0 Å². The molecule has 78 valence electrons. The largest absolute Gasteiger partial charge is 0.481 e. The molecule has 4 nitrogen and oxygen atoms in total. The van der Waals surface area contributed by atoms with E-state index in [1.54, 1.807) is 25.1 Å². The van der Waals surface area contributed by atoms with Gasteiger partial charge in [0.15, 0.2) is 0 Å². The molecule has 0 aliphatic rings. The molecule has 0 aromatic carbocycles. The van der Waals surface area contributed by atoms with Crippen molar-refractivity contribution >= 4 is 5.97 Å². The second kappa shape index (κ2) is 5.66. The van der Waals surface area contributed by atoms with E-state index < -0.39 is 5.97 Å². The summed E-state index contributed by atoms with van der Waals surface area (Å²) >= 11 is 0. The van der Waals surface area contributed by atoms with Gasteiger partial charge in [-0.15, -0.1) is 0 Å². The molecule has 0 aliphatic carbocycles. The zero-order valence-electron chi connectivity index (χ0n) is 8.61. The summed E-state index contributed by atoms with van der Waals surface area (Å²) in [5.74, 6) is 4.82. The Morgan fingerprint density at radius 1 is 1.53 bits per heavy atom. The minimum Gasteiger partial charge on any atom is -0.481 e. The first-order valence-electron chi connectivity index (χ1n) is 4.46. The highest BCUT2D eigenvalue weighted by Crippen LogP contribution is 2.04. The Balaban J connectivity index is 2.75. The Morgan fingerprint density at radius 2 is 2.33 bits per heavy atom. The van der Waals surface area contributed by atoms with E-state index in [2.05, 4.69) is 21.6 Å². The second-order valence-corrected chi connectivity index (χ2v) is 2.54. The second-order valence-electron chi connectivity index (χ2n) is 2.54. The van der Waals surface area contributed by atoms with E-state index in [0.717, 1.165) is 0 Å². The third-order valence-corrected chi connectivity index (χ3v) is 1.50. The summed E-state index contributed by atoms with van der Waals surface area (Å²) in [5, 5.41) is 0. The monoisotopic (exact) mass is 205 g/mol. The van der Waals surface area contributed by atoms with Crippen molar-refractivity contribution in [1.82, 2.24) is 4.98 Å². The summed E-state index contributed by atoms with van der Waals surface area (Å²) in [4.78, 5) is 14.9. The first-order valence-corrected chi connectivity index (χ1v) is 4.46. The molecule has 1 aromatic rings. The van der Waals surface area contributed by atoms with Crippen LogP contribution in [-0.2, 0) is 9.53 Å². The van der Waals surface area contributed by atoms with Crippen LogP contribution in [0.2, 0.25) is 0 Å². The first kappa shape index (κ1) is 11.1. The van der Waals surface area contributed by atoms with Crippen LogP contribution in [0.1, 0.15) is 12.6 Å². The molecule has 0 radical (unpaired) electrons. The van der Waals surface area contributed by atoms with Crippen LogP contribution in [0.3, 0.4) is 0 Å². The van der Waals surface area contributed by atoms with E-state index in [0.29, 0.717) is 18.2 Å². The molecule has 0 spiro atoms. The number of methoxy groups -OCH3 is 1. The summed E-state index contributed by atoms with van der Waals surface area (Å²) in [6.07, 6.45) is 0. The van der Waals surface area contributed by atoms with Crippen LogP contribution >= 0.6 is 0 Å². The predicted octanol–water partition coefficient (Wildman–Crippen LogP) is 1.00. The van der Waals surface area contributed by atoms with Crippen molar-refractivity contribution in [3.8, 4) is 17.7 Å². The van der Waals surface area contributed by atoms with Gasteiger partial charge in [-0.25, -0.2) is 9.78 Å². The highest BCUT2D eigenvalue weighted by Gasteiger charge is 1.95. The molecule has 1 aromatic heterocycles. The van der Waals surface area contributed by atoms with Gasteiger partial charge in [-0.05, 0) is 18.9 Å². The molecule has 0 fully saturated rings. The van der Waals surface area contributed by atoms with E-state index in [9.17, 15) is 4.79 Å². The lowest BCUT2D eigenvalue weighted by atomic mass is 10.3. The van der Waals surface area contributed by atoms with Gasteiger partial charge in [-0.3, -0.25) is 0 Å². The summed E-state index contributed by atoms with van der Waals surface area (Å²) in [5.41, 5.74) is 0.474. The Hall–Kier alpha value is -2.02. The molecule has 0 N–H and O–H groups in total. The quantitative estimate of drug-likeness (QED) is 0.534. The van der Waals surface area contributed by atoms with Gasteiger partial charge in [0.2, 0.25) is 5.88 Å². The fourth-order valence-electron chi connectivity index (χ4n) is 0.880. The number of carbonyl (C=O) groups excluding carboxylic acids is 1. The maximum absolute atomic E-state index is 10.9.